The van der Waals surface area contributed by atoms with Crippen molar-refractivity contribution in [2.45, 2.75) is 19.8 Å². The number of nitrogens with two attached hydrogens (primary N) is 1. The van der Waals surface area contributed by atoms with Gasteiger partial charge in [0, 0.05) is 12.5 Å². The van der Waals surface area contributed by atoms with E-state index in [1.807, 2.05) is 66.7 Å². The third-order valence-corrected chi connectivity index (χ3v) is 4.89. The molecule has 3 rings (SSSR count). The summed E-state index contributed by atoms with van der Waals surface area (Å²) >= 11 is 0. The van der Waals surface area contributed by atoms with Crippen molar-refractivity contribution in [3.63, 3.8) is 0 Å². The van der Waals surface area contributed by atoms with Crippen molar-refractivity contribution in [2.24, 2.45) is 5.73 Å². The normalized spacial score (nSPS) is 11.1. The van der Waals surface area contributed by atoms with Crippen LogP contribution in [0.15, 0.2) is 66.7 Å². The van der Waals surface area contributed by atoms with Crippen LogP contribution in [0.2, 0.25) is 0 Å². The molecule has 5 heteroatoms. The van der Waals surface area contributed by atoms with Gasteiger partial charge in [0.25, 0.3) is 0 Å². The molecule has 0 bridgehead atoms. The van der Waals surface area contributed by atoms with E-state index in [-0.39, 0.29) is 5.91 Å². The van der Waals surface area contributed by atoms with Crippen LogP contribution in [-0.4, -0.2) is 20.1 Å². The number of aryl methyl sites for hydroxylation is 1. The van der Waals surface area contributed by atoms with Gasteiger partial charge < -0.3 is 19.9 Å². The van der Waals surface area contributed by atoms with E-state index in [1.54, 1.807) is 14.2 Å². The first kappa shape index (κ1) is 22.0. The monoisotopic (exact) mass is 417 g/mol. The Morgan fingerprint density at radius 3 is 1.90 bits per heavy atom. The van der Waals surface area contributed by atoms with Gasteiger partial charge in [0.15, 0.2) is 0 Å². The maximum Gasteiger partial charge on any atom is 0.217 e. The summed E-state index contributed by atoms with van der Waals surface area (Å²) in [7, 11) is 3.28. The summed E-state index contributed by atoms with van der Waals surface area (Å²) < 4.78 is 16.6. The first-order valence-corrected chi connectivity index (χ1v) is 10.0. The quantitative estimate of drug-likeness (QED) is 0.468. The number of carbonyl (C=O) groups excluding carboxylic acids is 1. The zero-order chi connectivity index (χ0) is 22.2. The number of primary amides is 1. The van der Waals surface area contributed by atoms with Crippen LogP contribution in [0.3, 0.4) is 0 Å². The molecule has 0 atom stereocenters. The fourth-order valence-electron chi connectivity index (χ4n) is 3.16. The predicted molar refractivity (Wildman–Crippen MR) is 124 cm³/mol. The van der Waals surface area contributed by atoms with Crippen molar-refractivity contribution >= 4 is 17.6 Å². The summed E-state index contributed by atoms with van der Waals surface area (Å²) in [6.07, 6.45) is 3.07. The maximum atomic E-state index is 10.9. The first-order valence-electron chi connectivity index (χ1n) is 10.0. The summed E-state index contributed by atoms with van der Waals surface area (Å²) in [5, 5.41) is 0. The molecule has 0 aliphatic heterocycles. The molecule has 160 valence electrons. The molecule has 0 aliphatic rings. The van der Waals surface area contributed by atoms with Crippen molar-refractivity contribution in [2.75, 3.05) is 14.2 Å². The smallest absolute Gasteiger partial charge is 0.217 e. The standard InChI is InChI=1S/C26H27NO4/c1-18(14-20-15-24(29-2)17-25(16-20)30-3)21-7-11-23(12-8-21)31-22-9-4-19(5-10-22)6-13-26(27)28/h4-5,7-12,14-17H,6,13H2,1-3H3,(H2,27,28)/b18-14-. The Morgan fingerprint density at radius 2 is 1.39 bits per heavy atom. The van der Waals surface area contributed by atoms with Gasteiger partial charge in [-0.15, -0.1) is 0 Å². The summed E-state index contributed by atoms with van der Waals surface area (Å²) in [5.74, 6) is 2.71. The number of rotatable bonds is 9. The molecule has 1 amide bonds. The van der Waals surface area contributed by atoms with Crippen molar-refractivity contribution in [3.05, 3.63) is 83.4 Å². The van der Waals surface area contributed by atoms with E-state index >= 15 is 0 Å². The summed E-state index contributed by atoms with van der Waals surface area (Å²) in [4.78, 5) is 10.9. The molecule has 3 aromatic carbocycles. The largest absolute Gasteiger partial charge is 0.497 e. The van der Waals surface area contributed by atoms with Crippen LogP contribution in [-0.2, 0) is 11.2 Å². The molecule has 0 aromatic heterocycles. The lowest BCUT2D eigenvalue weighted by molar-refractivity contribution is -0.117. The Hall–Kier alpha value is -3.73. The molecule has 0 saturated carbocycles. The third-order valence-electron chi connectivity index (χ3n) is 4.89. The summed E-state index contributed by atoms with van der Waals surface area (Å²) in [5.41, 5.74) is 9.46. The van der Waals surface area contributed by atoms with E-state index in [2.05, 4.69) is 13.0 Å². The van der Waals surface area contributed by atoms with Gasteiger partial charge in [-0.2, -0.15) is 0 Å². The van der Waals surface area contributed by atoms with E-state index in [0.717, 1.165) is 45.3 Å². The second-order valence-corrected chi connectivity index (χ2v) is 7.21. The highest BCUT2D eigenvalue weighted by atomic mass is 16.5. The Morgan fingerprint density at radius 1 is 0.839 bits per heavy atom. The molecular weight excluding hydrogens is 390 g/mol. The lowest BCUT2D eigenvalue weighted by atomic mass is 10.0. The van der Waals surface area contributed by atoms with Crippen LogP contribution in [0.4, 0.5) is 0 Å². The zero-order valence-corrected chi connectivity index (χ0v) is 18.1. The average Bonchev–Trinajstić information content (AvgIpc) is 2.78. The first-order chi connectivity index (χ1) is 15.0. The molecule has 0 spiro atoms. The highest BCUT2D eigenvalue weighted by molar-refractivity contribution is 5.81. The number of hydrogen-bond donors (Lipinski definition) is 1. The van der Waals surface area contributed by atoms with Gasteiger partial charge in [0.05, 0.1) is 14.2 Å². The minimum Gasteiger partial charge on any atom is -0.497 e. The molecule has 0 saturated heterocycles. The minimum atomic E-state index is -0.296. The molecule has 0 radical (unpaired) electrons. The topological polar surface area (TPSA) is 70.8 Å². The zero-order valence-electron chi connectivity index (χ0n) is 18.1. The van der Waals surface area contributed by atoms with Gasteiger partial charge in [-0.1, -0.05) is 30.3 Å². The van der Waals surface area contributed by atoms with E-state index in [0.29, 0.717) is 12.8 Å². The lowest BCUT2D eigenvalue weighted by Gasteiger charge is -2.09. The number of allylic oxidation sites excluding steroid dienone is 1. The van der Waals surface area contributed by atoms with Gasteiger partial charge in [-0.05, 0) is 72.0 Å². The SMILES string of the molecule is COc1cc(/C=C(/C)c2ccc(Oc3ccc(CCC(N)=O)cc3)cc2)cc(OC)c1. The molecule has 5 nitrogen and oxygen atoms in total. The second-order valence-electron chi connectivity index (χ2n) is 7.21. The van der Waals surface area contributed by atoms with Crippen LogP contribution in [0.5, 0.6) is 23.0 Å². The van der Waals surface area contributed by atoms with E-state index < -0.39 is 0 Å². The highest BCUT2D eigenvalue weighted by Crippen LogP contribution is 2.28. The molecule has 0 aliphatic carbocycles. The van der Waals surface area contributed by atoms with Crippen molar-refractivity contribution in [3.8, 4) is 23.0 Å². The van der Waals surface area contributed by atoms with Crippen molar-refractivity contribution in [1.29, 1.82) is 0 Å². The Balaban J connectivity index is 1.68. The van der Waals surface area contributed by atoms with Crippen LogP contribution < -0.4 is 19.9 Å². The van der Waals surface area contributed by atoms with Gasteiger partial charge in [0.2, 0.25) is 5.91 Å². The lowest BCUT2D eigenvalue weighted by Crippen LogP contribution is -2.11. The van der Waals surface area contributed by atoms with E-state index in [9.17, 15) is 4.79 Å². The van der Waals surface area contributed by atoms with Gasteiger partial charge >= 0.3 is 0 Å². The fraction of sp³-hybridized carbons (Fsp3) is 0.192. The Bertz CT molecular complexity index is 1030. The molecular formula is C26H27NO4. The van der Waals surface area contributed by atoms with E-state index in [4.69, 9.17) is 19.9 Å². The number of benzene rings is 3. The summed E-state index contributed by atoms with van der Waals surface area (Å²) in [6, 6.07) is 21.4. The molecule has 0 unspecified atom stereocenters. The second kappa shape index (κ2) is 10.3. The summed E-state index contributed by atoms with van der Waals surface area (Å²) in [6.45, 7) is 2.06. The molecule has 2 N–H and O–H groups in total. The van der Waals surface area contributed by atoms with E-state index in [1.165, 1.54) is 0 Å². The number of carbonyl (C=O) groups is 1. The van der Waals surface area contributed by atoms with Gasteiger partial charge in [-0.25, -0.2) is 0 Å². The number of hydrogen-bond acceptors (Lipinski definition) is 4. The van der Waals surface area contributed by atoms with Gasteiger partial charge in [0.1, 0.15) is 23.0 Å². The number of amides is 1. The van der Waals surface area contributed by atoms with Crippen LogP contribution in [0.1, 0.15) is 30.0 Å². The fourth-order valence-corrected chi connectivity index (χ4v) is 3.16. The third kappa shape index (κ3) is 6.37. The van der Waals surface area contributed by atoms with Crippen molar-refractivity contribution < 1.29 is 19.0 Å². The Kier molecular flexibility index (Phi) is 7.33. The van der Waals surface area contributed by atoms with Crippen LogP contribution >= 0.6 is 0 Å². The number of methoxy groups -OCH3 is 2. The highest BCUT2D eigenvalue weighted by Gasteiger charge is 2.04. The maximum absolute atomic E-state index is 10.9. The van der Waals surface area contributed by atoms with Gasteiger partial charge in [-0.3, -0.25) is 4.79 Å². The molecule has 3 aromatic rings. The molecule has 31 heavy (non-hydrogen) atoms. The molecule has 0 heterocycles. The average molecular weight is 418 g/mol. The Labute approximate surface area is 183 Å². The van der Waals surface area contributed by atoms with Crippen LogP contribution in [0.25, 0.3) is 11.6 Å². The predicted octanol–water partition coefficient (Wildman–Crippen LogP) is 5.47. The minimum absolute atomic E-state index is 0.296. The van der Waals surface area contributed by atoms with Crippen molar-refractivity contribution in [1.82, 2.24) is 0 Å². The molecule has 0 fully saturated rings. The number of ether oxygens (including phenoxy) is 3. The van der Waals surface area contributed by atoms with Crippen LogP contribution in [0, 0.1) is 0 Å².